The van der Waals surface area contributed by atoms with Crippen LogP contribution in [0.4, 0.5) is 9.59 Å². The molecule has 4 rings (SSSR count). The van der Waals surface area contributed by atoms with Gasteiger partial charge < -0.3 is 24.7 Å². The van der Waals surface area contributed by atoms with Gasteiger partial charge in [0.1, 0.15) is 5.60 Å². The van der Waals surface area contributed by atoms with Crippen LogP contribution in [-0.2, 0) is 4.84 Å². The molecule has 0 radical (unpaired) electrons. The van der Waals surface area contributed by atoms with Crippen molar-refractivity contribution >= 4 is 17.8 Å². The number of nitrogens with zero attached hydrogens (tertiary/aromatic N) is 1. The van der Waals surface area contributed by atoms with Crippen LogP contribution in [0.3, 0.4) is 0 Å². The molecule has 9 nitrogen and oxygen atoms in total. The lowest BCUT2D eigenvalue weighted by molar-refractivity contribution is -0.0493. The summed E-state index contributed by atoms with van der Waals surface area (Å²) in [6.45, 7) is 0. The first-order valence-electron chi connectivity index (χ1n) is 10.9. The fourth-order valence-corrected chi connectivity index (χ4v) is 4.69. The Hall–Kier alpha value is -2.97. The maximum atomic E-state index is 11.6. The summed E-state index contributed by atoms with van der Waals surface area (Å²) < 4.78 is 11.7. The molecule has 0 saturated heterocycles. The van der Waals surface area contributed by atoms with E-state index in [0.29, 0.717) is 19.3 Å². The van der Waals surface area contributed by atoms with E-state index in [1.807, 2.05) is 23.5 Å². The summed E-state index contributed by atoms with van der Waals surface area (Å²) in [5.74, 6) is 1.46. The lowest BCUT2D eigenvalue weighted by Gasteiger charge is -2.35. The van der Waals surface area contributed by atoms with Crippen LogP contribution in [0.15, 0.2) is 23.4 Å². The summed E-state index contributed by atoms with van der Waals surface area (Å²) in [5, 5.41) is 17.5. The van der Waals surface area contributed by atoms with Crippen molar-refractivity contribution in [3.05, 3.63) is 23.8 Å². The number of hydrogen-bond acceptors (Lipinski definition) is 6. The largest absolute Gasteiger partial charge is 0.493 e. The van der Waals surface area contributed by atoms with Crippen molar-refractivity contribution in [1.82, 2.24) is 10.6 Å². The number of imide groups is 1. The normalized spacial score (nSPS) is 25.6. The molecule has 9 heteroatoms. The average molecular weight is 431 g/mol. The number of nitrogens with one attached hydrogen (secondary N) is 2. The third kappa shape index (κ3) is 5.03. The van der Waals surface area contributed by atoms with Crippen molar-refractivity contribution in [3.8, 4) is 11.5 Å². The first kappa shape index (κ1) is 21.3. The molecule has 1 heterocycles. The number of oxime groups is 1. The van der Waals surface area contributed by atoms with E-state index in [1.54, 1.807) is 7.11 Å². The Morgan fingerprint density at radius 3 is 2.58 bits per heavy atom. The van der Waals surface area contributed by atoms with Gasteiger partial charge in [-0.05, 0) is 69.6 Å². The van der Waals surface area contributed by atoms with Gasteiger partial charge in [0, 0.05) is 18.0 Å². The molecule has 1 aromatic carbocycles. The quantitative estimate of drug-likeness (QED) is 0.653. The fourth-order valence-electron chi connectivity index (χ4n) is 4.69. The Morgan fingerprint density at radius 2 is 1.90 bits per heavy atom. The lowest BCUT2D eigenvalue weighted by Crippen LogP contribution is -2.48. The predicted molar refractivity (Wildman–Crippen MR) is 113 cm³/mol. The van der Waals surface area contributed by atoms with Crippen molar-refractivity contribution in [1.29, 1.82) is 0 Å². The monoisotopic (exact) mass is 431 g/mol. The molecular formula is C22H29N3O6. The van der Waals surface area contributed by atoms with Crippen LogP contribution in [-0.4, -0.2) is 47.8 Å². The first-order chi connectivity index (χ1) is 15.0. The summed E-state index contributed by atoms with van der Waals surface area (Å²) in [6.07, 6.45) is 6.97. The van der Waals surface area contributed by atoms with Gasteiger partial charge in [-0.25, -0.2) is 14.9 Å². The molecule has 0 bridgehead atoms. The number of carbonyl (C=O) groups is 2. The molecule has 168 valence electrons. The summed E-state index contributed by atoms with van der Waals surface area (Å²) in [4.78, 5) is 28.1. The molecule has 0 unspecified atom stereocenters. The number of carbonyl (C=O) groups excluding carboxylic acids is 1. The van der Waals surface area contributed by atoms with Gasteiger partial charge in [0.2, 0.25) is 0 Å². The molecule has 2 saturated carbocycles. The number of carboxylic acid groups (broad SMARTS) is 1. The zero-order chi connectivity index (χ0) is 21.8. The number of hydrogen-bond donors (Lipinski definition) is 3. The summed E-state index contributed by atoms with van der Waals surface area (Å²) in [6, 6.07) is 5.11. The van der Waals surface area contributed by atoms with Crippen LogP contribution in [0.25, 0.3) is 0 Å². The van der Waals surface area contributed by atoms with E-state index in [4.69, 9.17) is 19.4 Å². The zero-order valence-electron chi connectivity index (χ0n) is 17.7. The minimum Gasteiger partial charge on any atom is -0.493 e. The SMILES string of the molecule is COc1ccc(C2=NOC3(CCC(NC(=O)NC(=O)O)CC3)C2)cc1OC1CCCC1. The maximum absolute atomic E-state index is 11.6. The molecule has 1 aliphatic heterocycles. The highest BCUT2D eigenvalue weighted by molar-refractivity contribution is 6.02. The lowest BCUT2D eigenvalue weighted by atomic mass is 9.78. The molecule has 3 amide bonds. The molecule has 0 aromatic heterocycles. The van der Waals surface area contributed by atoms with Crippen molar-refractivity contribution < 1.29 is 29.0 Å². The van der Waals surface area contributed by atoms with E-state index in [0.717, 1.165) is 48.5 Å². The van der Waals surface area contributed by atoms with E-state index in [-0.39, 0.29) is 17.7 Å². The van der Waals surface area contributed by atoms with E-state index in [9.17, 15) is 9.59 Å². The highest BCUT2D eigenvalue weighted by Gasteiger charge is 2.43. The van der Waals surface area contributed by atoms with Gasteiger partial charge in [-0.3, -0.25) is 0 Å². The van der Waals surface area contributed by atoms with E-state index in [2.05, 4.69) is 10.5 Å². The second kappa shape index (κ2) is 9.03. The van der Waals surface area contributed by atoms with Crippen LogP contribution in [0.2, 0.25) is 0 Å². The average Bonchev–Trinajstić information content (AvgIpc) is 3.40. The zero-order valence-corrected chi connectivity index (χ0v) is 17.7. The highest BCUT2D eigenvalue weighted by Crippen LogP contribution is 2.41. The van der Waals surface area contributed by atoms with Crippen molar-refractivity contribution in [3.63, 3.8) is 0 Å². The molecule has 3 N–H and O–H groups in total. The molecule has 1 aromatic rings. The Labute approximate surface area is 181 Å². The van der Waals surface area contributed by atoms with Crippen LogP contribution in [0.1, 0.15) is 63.4 Å². The minimum atomic E-state index is -1.36. The van der Waals surface area contributed by atoms with E-state index < -0.39 is 12.1 Å². The maximum Gasteiger partial charge on any atom is 0.412 e. The Kier molecular flexibility index (Phi) is 6.20. The molecular weight excluding hydrogens is 402 g/mol. The van der Waals surface area contributed by atoms with Gasteiger partial charge in [0.15, 0.2) is 11.5 Å². The molecule has 2 fully saturated rings. The topological polar surface area (TPSA) is 118 Å². The van der Waals surface area contributed by atoms with E-state index in [1.165, 1.54) is 12.8 Å². The third-order valence-electron chi connectivity index (χ3n) is 6.38. The standard InChI is InChI=1S/C22H29N3O6/c1-29-18-7-6-14(12-19(18)30-16-4-2-3-5-16)17-13-22(31-25-17)10-8-15(9-11-22)23-20(26)24-21(27)28/h6-7,12,15-16H,2-5,8-11,13H2,1H3,(H,27,28)(H2,23,24,26). The number of benzene rings is 1. The van der Waals surface area contributed by atoms with Crippen molar-refractivity contribution in [2.75, 3.05) is 7.11 Å². The van der Waals surface area contributed by atoms with Crippen LogP contribution in [0, 0.1) is 0 Å². The van der Waals surface area contributed by atoms with Gasteiger partial charge >= 0.3 is 12.1 Å². The molecule has 31 heavy (non-hydrogen) atoms. The third-order valence-corrected chi connectivity index (χ3v) is 6.38. The van der Waals surface area contributed by atoms with Crippen molar-refractivity contribution in [2.45, 2.75) is 75.5 Å². The predicted octanol–water partition coefficient (Wildman–Crippen LogP) is 3.80. The van der Waals surface area contributed by atoms with Gasteiger partial charge in [0.25, 0.3) is 0 Å². The molecule has 1 spiro atoms. The number of methoxy groups -OCH3 is 1. The molecule has 3 aliphatic rings. The van der Waals surface area contributed by atoms with Gasteiger partial charge in [-0.1, -0.05) is 5.16 Å². The van der Waals surface area contributed by atoms with E-state index >= 15 is 0 Å². The number of amides is 3. The highest BCUT2D eigenvalue weighted by atomic mass is 16.7. The van der Waals surface area contributed by atoms with Crippen molar-refractivity contribution in [2.24, 2.45) is 5.16 Å². The summed E-state index contributed by atoms with van der Waals surface area (Å²) in [7, 11) is 1.64. The molecule has 2 aliphatic carbocycles. The van der Waals surface area contributed by atoms with Gasteiger partial charge in [-0.2, -0.15) is 0 Å². The van der Waals surface area contributed by atoms with Gasteiger partial charge in [-0.15, -0.1) is 0 Å². The van der Waals surface area contributed by atoms with Crippen LogP contribution in [0.5, 0.6) is 11.5 Å². The van der Waals surface area contributed by atoms with Crippen LogP contribution < -0.4 is 20.1 Å². The summed E-state index contributed by atoms with van der Waals surface area (Å²) >= 11 is 0. The Bertz CT molecular complexity index is 857. The number of urea groups is 1. The summed E-state index contributed by atoms with van der Waals surface area (Å²) in [5.41, 5.74) is 1.48. The Balaban J connectivity index is 1.36. The first-order valence-corrected chi connectivity index (χ1v) is 10.9. The smallest absolute Gasteiger partial charge is 0.412 e. The number of ether oxygens (including phenoxy) is 2. The minimum absolute atomic E-state index is 0.0787. The second-order valence-corrected chi connectivity index (χ2v) is 8.56. The number of rotatable bonds is 5. The molecule has 0 atom stereocenters. The van der Waals surface area contributed by atoms with Gasteiger partial charge in [0.05, 0.1) is 18.9 Å². The fraction of sp³-hybridized carbons (Fsp3) is 0.591. The van der Waals surface area contributed by atoms with Crippen LogP contribution >= 0.6 is 0 Å². The Morgan fingerprint density at radius 1 is 1.16 bits per heavy atom. The second-order valence-electron chi connectivity index (χ2n) is 8.56.